The second-order valence-electron chi connectivity index (χ2n) is 8.62. The highest BCUT2D eigenvalue weighted by Gasteiger charge is 2.42. The van der Waals surface area contributed by atoms with Gasteiger partial charge >= 0.3 is 0 Å². The van der Waals surface area contributed by atoms with E-state index in [0.29, 0.717) is 15.9 Å². The fourth-order valence-electron chi connectivity index (χ4n) is 4.74. The zero-order valence-electron chi connectivity index (χ0n) is 18.7. The summed E-state index contributed by atoms with van der Waals surface area (Å²) < 4.78 is 1.33. The van der Waals surface area contributed by atoms with Gasteiger partial charge in [0, 0.05) is 15.2 Å². The summed E-state index contributed by atoms with van der Waals surface area (Å²) in [4.78, 5) is 26.6. The Morgan fingerprint density at radius 3 is 2.43 bits per heavy atom. The molecule has 4 aromatic rings. The van der Waals surface area contributed by atoms with Gasteiger partial charge in [-0.1, -0.05) is 53.2 Å². The summed E-state index contributed by atoms with van der Waals surface area (Å²) in [5, 5.41) is 18.8. The van der Waals surface area contributed by atoms with Gasteiger partial charge in [-0.05, 0) is 66.3 Å². The van der Waals surface area contributed by atoms with Crippen LogP contribution < -0.4 is 11.0 Å². The van der Waals surface area contributed by atoms with Gasteiger partial charge in [-0.2, -0.15) is 0 Å². The quantitative estimate of drug-likeness (QED) is 0.288. The maximum absolute atomic E-state index is 12.9. The zero-order chi connectivity index (χ0) is 24.4. The lowest BCUT2D eigenvalue weighted by atomic mass is 9.95. The largest absolute Gasteiger partial charge is 0.289 e. The number of nitrogens with one attached hydrogen (secondary N) is 1. The van der Waals surface area contributed by atoms with Crippen LogP contribution in [0.15, 0.2) is 82.5 Å². The van der Waals surface area contributed by atoms with Gasteiger partial charge in [0.25, 0.3) is 5.56 Å². The number of hydrogen-bond donors (Lipinski definition) is 2. The van der Waals surface area contributed by atoms with Gasteiger partial charge in [0.05, 0.1) is 17.8 Å². The summed E-state index contributed by atoms with van der Waals surface area (Å²) in [6.07, 6.45) is 1.52. The van der Waals surface area contributed by atoms with E-state index >= 15 is 0 Å². The molecule has 0 radical (unpaired) electrons. The van der Waals surface area contributed by atoms with Crippen molar-refractivity contribution in [3.8, 4) is 11.1 Å². The van der Waals surface area contributed by atoms with Crippen LogP contribution in [0.1, 0.15) is 12.8 Å². The van der Waals surface area contributed by atoms with E-state index in [1.165, 1.54) is 4.68 Å². The lowest BCUT2D eigenvalue weighted by Crippen LogP contribution is -2.38. The molecule has 0 aliphatic heterocycles. The predicted octanol–water partition coefficient (Wildman–Crippen LogP) is 4.80. The van der Waals surface area contributed by atoms with E-state index in [1.54, 1.807) is 30.0 Å². The summed E-state index contributed by atoms with van der Waals surface area (Å²) in [7, 11) is 0. The van der Waals surface area contributed by atoms with Gasteiger partial charge in [0.15, 0.2) is 0 Å². The minimum atomic E-state index is -0.471. The smallest absolute Gasteiger partial charge is 0.277 e. The molecule has 1 heterocycles. The molecule has 9 heteroatoms. The first kappa shape index (κ1) is 23.5. The molecule has 3 aromatic carbocycles. The van der Waals surface area contributed by atoms with Crippen molar-refractivity contribution in [2.24, 2.45) is 11.8 Å². The summed E-state index contributed by atoms with van der Waals surface area (Å²) in [6.45, 7) is 0.265. The Bertz CT molecular complexity index is 1410. The van der Waals surface area contributed by atoms with Gasteiger partial charge in [-0.15, -0.1) is 16.9 Å². The summed E-state index contributed by atoms with van der Waals surface area (Å²) in [5.41, 5.74) is 4.30. The number of fused-ring (bicyclic) bond motifs is 1. The first-order valence-electron chi connectivity index (χ1n) is 11.3. The first-order chi connectivity index (χ1) is 17.0. The number of benzene rings is 3. The van der Waals surface area contributed by atoms with Crippen LogP contribution in [0.3, 0.4) is 0 Å². The molecular formula is C26H23ClN4O3S. The normalized spacial score (nSPS) is 19.7. The molecule has 0 saturated heterocycles. The molecule has 0 spiro atoms. The van der Waals surface area contributed by atoms with E-state index < -0.39 is 11.8 Å². The molecule has 2 N–H and O–H groups in total. The molecule has 35 heavy (non-hydrogen) atoms. The van der Waals surface area contributed by atoms with Gasteiger partial charge in [0.2, 0.25) is 5.91 Å². The lowest BCUT2D eigenvalue weighted by molar-refractivity contribution is -0.134. The van der Waals surface area contributed by atoms with Gasteiger partial charge in [0.1, 0.15) is 5.52 Å². The van der Waals surface area contributed by atoms with Crippen LogP contribution in [0.5, 0.6) is 0 Å². The van der Waals surface area contributed by atoms with Gasteiger partial charge in [-0.25, -0.2) is 10.2 Å². The van der Waals surface area contributed by atoms with E-state index in [2.05, 4.69) is 10.3 Å². The number of carbonyl (C=O) groups excluding carboxylic acids is 1. The van der Waals surface area contributed by atoms with Crippen LogP contribution in [-0.2, 0) is 11.3 Å². The molecule has 1 aliphatic carbocycles. The van der Waals surface area contributed by atoms with E-state index in [-0.39, 0.29) is 23.3 Å². The number of aromatic nitrogens is 3. The minimum Gasteiger partial charge on any atom is -0.289 e. The van der Waals surface area contributed by atoms with Crippen LogP contribution >= 0.6 is 23.4 Å². The van der Waals surface area contributed by atoms with Crippen molar-refractivity contribution >= 4 is 40.2 Å². The van der Waals surface area contributed by atoms with E-state index in [4.69, 9.17) is 11.6 Å². The molecule has 3 atom stereocenters. The van der Waals surface area contributed by atoms with Crippen LogP contribution in [0.4, 0.5) is 0 Å². The second-order valence-corrected chi connectivity index (χ2v) is 10.4. The van der Waals surface area contributed by atoms with Crippen LogP contribution in [0.2, 0.25) is 5.02 Å². The third-order valence-electron chi connectivity index (χ3n) is 6.50. The topological polar surface area (TPSA) is 97.1 Å². The molecule has 178 valence electrons. The molecule has 1 fully saturated rings. The minimum absolute atomic E-state index is 0.0438. The highest BCUT2D eigenvalue weighted by Crippen LogP contribution is 2.43. The summed E-state index contributed by atoms with van der Waals surface area (Å²) in [5.74, 6) is -1.06. The second kappa shape index (κ2) is 10.2. The fraction of sp³-hybridized carbons (Fsp3) is 0.231. The molecule has 0 bridgehead atoms. The van der Waals surface area contributed by atoms with Crippen molar-refractivity contribution in [2.75, 3.05) is 0 Å². The van der Waals surface area contributed by atoms with E-state index in [0.717, 1.165) is 28.9 Å². The molecule has 5 rings (SSSR count). The molecule has 1 aromatic heterocycles. The number of carbonyl (C=O) groups is 1. The average Bonchev–Trinajstić information content (AvgIpc) is 3.28. The number of nitrogens with zero attached hydrogens (tertiary/aromatic N) is 3. The van der Waals surface area contributed by atoms with Crippen LogP contribution in [0, 0.1) is 11.8 Å². The van der Waals surface area contributed by atoms with Crippen molar-refractivity contribution in [1.29, 1.82) is 0 Å². The molecular weight excluding hydrogens is 484 g/mol. The van der Waals surface area contributed by atoms with E-state index in [1.807, 2.05) is 60.1 Å². The molecule has 7 nitrogen and oxygen atoms in total. The van der Waals surface area contributed by atoms with Gasteiger partial charge in [-0.3, -0.25) is 14.8 Å². The Labute approximate surface area is 211 Å². The molecule has 1 saturated carbocycles. The highest BCUT2D eigenvalue weighted by atomic mass is 35.5. The Morgan fingerprint density at radius 1 is 1.03 bits per heavy atom. The van der Waals surface area contributed by atoms with Crippen molar-refractivity contribution in [1.82, 2.24) is 20.5 Å². The number of hydroxylamine groups is 1. The van der Waals surface area contributed by atoms with Crippen molar-refractivity contribution < 1.29 is 10.0 Å². The number of rotatable bonds is 6. The zero-order valence-corrected chi connectivity index (χ0v) is 20.2. The first-order valence-corrected chi connectivity index (χ1v) is 12.6. The van der Waals surface area contributed by atoms with Gasteiger partial charge < -0.3 is 0 Å². The summed E-state index contributed by atoms with van der Waals surface area (Å²) >= 11 is 7.60. The predicted molar refractivity (Wildman–Crippen MR) is 136 cm³/mol. The van der Waals surface area contributed by atoms with Crippen molar-refractivity contribution in [3.05, 3.63) is 88.2 Å². The summed E-state index contributed by atoms with van der Waals surface area (Å²) in [6, 6.07) is 22.9. The Morgan fingerprint density at radius 2 is 1.71 bits per heavy atom. The molecule has 1 amide bonds. The lowest BCUT2D eigenvalue weighted by Gasteiger charge is -2.23. The molecule has 0 unspecified atom stereocenters. The number of hydrogen-bond acceptors (Lipinski definition) is 6. The van der Waals surface area contributed by atoms with E-state index in [9.17, 15) is 14.8 Å². The van der Waals surface area contributed by atoms with Crippen LogP contribution in [0.25, 0.3) is 22.0 Å². The monoisotopic (exact) mass is 506 g/mol. The fourth-order valence-corrected chi connectivity index (χ4v) is 6.26. The third kappa shape index (κ3) is 4.96. The van der Waals surface area contributed by atoms with Crippen molar-refractivity contribution in [2.45, 2.75) is 29.5 Å². The van der Waals surface area contributed by atoms with Crippen molar-refractivity contribution in [3.63, 3.8) is 0 Å². The number of halogens is 1. The Kier molecular flexibility index (Phi) is 6.86. The maximum atomic E-state index is 12.9. The van der Waals surface area contributed by atoms with Crippen LogP contribution in [-0.4, -0.2) is 31.4 Å². The standard InChI is InChI=1S/C26H23ClN4O3S/c27-19-10-5-16(6-11-19)17-7-12-20(13-8-17)35-23-14-9-18(24(23)25(32)29-34)15-31-26(33)21-3-1-2-4-22(21)28-30-31/h1-8,10-13,18,23-24,34H,9,14-15H2,(H,29,32)/t18-,23-,24-/m0/s1. The average molecular weight is 507 g/mol. The number of thioether (sulfide) groups is 1. The maximum Gasteiger partial charge on any atom is 0.277 e. The Balaban J connectivity index is 1.34. The Hall–Kier alpha value is -3.20. The molecule has 1 aliphatic rings. The SMILES string of the molecule is O=C(NO)[C@H]1[C@H](Cn2nnc3ccccc3c2=O)CC[C@@H]1Sc1ccc(-c2ccc(Cl)cc2)cc1. The number of amides is 1. The highest BCUT2D eigenvalue weighted by molar-refractivity contribution is 8.00. The third-order valence-corrected chi connectivity index (χ3v) is 8.13.